The Morgan fingerprint density at radius 3 is 2.51 bits per heavy atom. The Labute approximate surface area is 204 Å². The molecule has 1 aliphatic rings. The van der Waals surface area contributed by atoms with Crippen molar-refractivity contribution >= 4 is 23.0 Å². The van der Waals surface area contributed by atoms with Gasteiger partial charge >= 0.3 is 17.7 Å². The van der Waals surface area contributed by atoms with E-state index in [4.69, 9.17) is 13.9 Å². The lowest BCUT2D eigenvalue weighted by molar-refractivity contribution is -0.140. The summed E-state index contributed by atoms with van der Waals surface area (Å²) in [4.78, 5) is 36.9. The second-order valence-electron chi connectivity index (χ2n) is 9.16. The summed E-state index contributed by atoms with van der Waals surface area (Å²) in [5.41, 5.74) is 2.62. The van der Waals surface area contributed by atoms with Crippen LogP contribution in [0.15, 0.2) is 57.7 Å². The molecule has 4 rings (SSSR count). The maximum atomic E-state index is 13.0. The Morgan fingerprint density at radius 1 is 1.06 bits per heavy atom. The number of fused-ring (bicyclic) bond motifs is 1. The van der Waals surface area contributed by atoms with E-state index >= 15 is 0 Å². The molecule has 0 bridgehead atoms. The third-order valence-corrected chi connectivity index (χ3v) is 6.55. The van der Waals surface area contributed by atoms with Crippen LogP contribution in [-0.4, -0.2) is 18.6 Å². The second kappa shape index (κ2) is 11.2. The first-order valence-corrected chi connectivity index (χ1v) is 12.2. The molecule has 1 aromatic heterocycles. The first-order valence-electron chi connectivity index (χ1n) is 12.2. The quantitative estimate of drug-likeness (QED) is 0.282. The molecular weight excluding hydrogens is 446 g/mol. The van der Waals surface area contributed by atoms with Gasteiger partial charge in [0, 0.05) is 12.6 Å². The van der Waals surface area contributed by atoms with E-state index in [9.17, 15) is 14.4 Å². The number of rotatable bonds is 7. The molecular formula is C28H31NO6. The van der Waals surface area contributed by atoms with Crippen molar-refractivity contribution in [2.75, 3.05) is 6.54 Å². The molecule has 7 heteroatoms. The molecule has 7 nitrogen and oxygen atoms in total. The van der Waals surface area contributed by atoms with Gasteiger partial charge in [0.05, 0.1) is 11.3 Å². The zero-order valence-corrected chi connectivity index (χ0v) is 20.2. The van der Waals surface area contributed by atoms with Crippen LogP contribution < -0.4 is 15.7 Å². The molecule has 1 aliphatic carbocycles. The lowest BCUT2D eigenvalue weighted by Gasteiger charge is -2.27. The van der Waals surface area contributed by atoms with E-state index in [1.807, 2.05) is 50.2 Å². The maximum absolute atomic E-state index is 13.0. The molecule has 3 aromatic rings. The van der Waals surface area contributed by atoms with Crippen molar-refractivity contribution in [1.29, 1.82) is 0 Å². The summed E-state index contributed by atoms with van der Waals surface area (Å²) in [7, 11) is 0. The van der Waals surface area contributed by atoms with E-state index in [-0.39, 0.29) is 18.5 Å². The second-order valence-corrected chi connectivity index (χ2v) is 9.16. The van der Waals surface area contributed by atoms with Crippen LogP contribution in [0.3, 0.4) is 0 Å². The Kier molecular flexibility index (Phi) is 7.85. The van der Waals surface area contributed by atoms with E-state index in [0.29, 0.717) is 48.4 Å². The van der Waals surface area contributed by atoms with E-state index in [1.54, 1.807) is 6.07 Å². The molecule has 1 saturated carbocycles. The first-order chi connectivity index (χ1) is 16.9. The van der Waals surface area contributed by atoms with Gasteiger partial charge in [-0.3, -0.25) is 4.79 Å². The molecule has 0 atom stereocenters. The molecule has 2 aromatic carbocycles. The summed E-state index contributed by atoms with van der Waals surface area (Å²) in [6.07, 6.45) is 3.24. The summed E-state index contributed by atoms with van der Waals surface area (Å²) >= 11 is 0. The molecule has 0 unspecified atom stereocenters. The topological polar surface area (TPSA) is 94.8 Å². The van der Waals surface area contributed by atoms with Gasteiger partial charge in [0.1, 0.15) is 17.9 Å². The summed E-state index contributed by atoms with van der Waals surface area (Å²) < 4.78 is 16.5. The Morgan fingerprint density at radius 2 is 1.80 bits per heavy atom. The SMILES string of the molecule is CCc1cc(=O)oc2cc(C)cc(OC(=O)C3CCC(CNC(=O)OCc4ccccc4)CC3)c12. The average molecular weight is 478 g/mol. The minimum absolute atomic E-state index is 0.201. The molecule has 1 N–H and O–H groups in total. The number of benzene rings is 2. The normalized spacial score (nSPS) is 17.7. The molecule has 1 amide bonds. The number of amides is 1. The van der Waals surface area contributed by atoms with Crippen molar-refractivity contribution in [2.24, 2.45) is 11.8 Å². The molecule has 35 heavy (non-hydrogen) atoms. The van der Waals surface area contributed by atoms with Gasteiger partial charge in [-0.05, 0) is 73.8 Å². The van der Waals surface area contributed by atoms with Crippen molar-refractivity contribution in [1.82, 2.24) is 5.32 Å². The summed E-state index contributed by atoms with van der Waals surface area (Å²) in [5.74, 6) is 0.270. The van der Waals surface area contributed by atoms with Crippen LogP contribution in [0.4, 0.5) is 4.79 Å². The predicted octanol–water partition coefficient (Wildman–Crippen LogP) is 5.30. The summed E-state index contributed by atoms with van der Waals surface area (Å²) in [6.45, 7) is 4.59. The number of ether oxygens (including phenoxy) is 2. The van der Waals surface area contributed by atoms with E-state index in [0.717, 1.165) is 29.5 Å². The molecule has 1 heterocycles. The molecule has 0 radical (unpaired) electrons. The Bertz CT molecular complexity index is 1240. The number of aryl methyl sites for hydroxylation is 2. The highest BCUT2D eigenvalue weighted by molar-refractivity contribution is 5.90. The first kappa shape index (κ1) is 24.5. The summed E-state index contributed by atoms with van der Waals surface area (Å²) in [6, 6.07) is 14.6. The Hall–Kier alpha value is -3.61. The Balaban J connectivity index is 1.29. The number of hydrogen-bond donors (Lipinski definition) is 1. The molecule has 184 valence electrons. The highest BCUT2D eigenvalue weighted by Crippen LogP contribution is 2.33. The maximum Gasteiger partial charge on any atom is 0.407 e. The highest BCUT2D eigenvalue weighted by Gasteiger charge is 2.29. The third-order valence-electron chi connectivity index (χ3n) is 6.55. The number of esters is 1. The van der Waals surface area contributed by atoms with Gasteiger partial charge in [-0.1, -0.05) is 37.3 Å². The van der Waals surface area contributed by atoms with Crippen molar-refractivity contribution in [3.63, 3.8) is 0 Å². The predicted molar refractivity (Wildman–Crippen MR) is 132 cm³/mol. The highest BCUT2D eigenvalue weighted by atomic mass is 16.5. The van der Waals surface area contributed by atoms with Gasteiger partial charge in [0.25, 0.3) is 0 Å². The van der Waals surface area contributed by atoms with Gasteiger partial charge < -0.3 is 19.2 Å². The van der Waals surface area contributed by atoms with Crippen LogP contribution in [0.1, 0.15) is 49.3 Å². The fourth-order valence-corrected chi connectivity index (χ4v) is 4.63. The van der Waals surface area contributed by atoms with Gasteiger partial charge in [-0.25, -0.2) is 9.59 Å². The largest absolute Gasteiger partial charge is 0.445 e. The fraction of sp³-hybridized carbons (Fsp3) is 0.393. The number of nitrogens with one attached hydrogen (secondary N) is 1. The van der Waals surface area contributed by atoms with Crippen LogP contribution in [0, 0.1) is 18.8 Å². The monoisotopic (exact) mass is 477 g/mol. The third kappa shape index (κ3) is 6.29. The lowest BCUT2D eigenvalue weighted by atomic mass is 9.82. The minimum Gasteiger partial charge on any atom is -0.445 e. The average Bonchev–Trinajstić information content (AvgIpc) is 2.86. The van der Waals surface area contributed by atoms with Crippen molar-refractivity contribution in [3.8, 4) is 5.75 Å². The number of carbonyl (C=O) groups excluding carboxylic acids is 2. The van der Waals surface area contributed by atoms with Crippen LogP contribution >= 0.6 is 0 Å². The number of carbonyl (C=O) groups is 2. The zero-order chi connectivity index (χ0) is 24.8. The van der Waals surface area contributed by atoms with Gasteiger partial charge in [-0.2, -0.15) is 0 Å². The lowest BCUT2D eigenvalue weighted by Crippen LogP contribution is -2.33. The van der Waals surface area contributed by atoms with Crippen molar-refractivity contribution in [2.45, 2.75) is 52.6 Å². The van der Waals surface area contributed by atoms with Gasteiger partial charge in [0.2, 0.25) is 0 Å². The van der Waals surface area contributed by atoms with Crippen LogP contribution in [0.5, 0.6) is 5.75 Å². The van der Waals surface area contributed by atoms with E-state index < -0.39 is 11.7 Å². The smallest absolute Gasteiger partial charge is 0.407 e. The van der Waals surface area contributed by atoms with Gasteiger partial charge in [0.15, 0.2) is 0 Å². The van der Waals surface area contributed by atoms with Crippen LogP contribution in [0.25, 0.3) is 11.0 Å². The summed E-state index contributed by atoms with van der Waals surface area (Å²) in [5, 5.41) is 3.52. The zero-order valence-electron chi connectivity index (χ0n) is 20.2. The fourth-order valence-electron chi connectivity index (χ4n) is 4.63. The molecule has 1 fully saturated rings. The van der Waals surface area contributed by atoms with Gasteiger partial charge in [-0.15, -0.1) is 0 Å². The number of alkyl carbamates (subject to hydrolysis) is 1. The number of hydrogen-bond acceptors (Lipinski definition) is 6. The van der Waals surface area contributed by atoms with Crippen LogP contribution in [-0.2, 0) is 22.6 Å². The standard InChI is InChI=1S/C28H31NO6/c1-3-21-15-25(30)34-23-13-18(2)14-24(26(21)23)35-27(31)22-11-9-19(10-12-22)16-29-28(32)33-17-20-7-5-4-6-8-20/h4-8,13-15,19,22H,3,9-12,16-17H2,1-2H3,(H,29,32). The molecule has 0 aliphatic heterocycles. The van der Waals surface area contributed by atoms with E-state index in [2.05, 4.69) is 5.32 Å². The van der Waals surface area contributed by atoms with Crippen molar-refractivity contribution in [3.05, 3.63) is 75.6 Å². The minimum atomic E-state index is -0.430. The van der Waals surface area contributed by atoms with Crippen LogP contribution in [0.2, 0.25) is 0 Å². The van der Waals surface area contributed by atoms with E-state index in [1.165, 1.54) is 6.07 Å². The molecule has 0 spiro atoms. The molecule has 0 saturated heterocycles. The van der Waals surface area contributed by atoms with Crippen molar-refractivity contribution < 1.29 is 23.5 Å².